The molecule has 1 saturated carbocycles. The summed E-state index contributed by atoms with van der Waals surface area (Å²) >= 11 is 0. The van der Waals surface area contributed by atoms with Gasteiger partial charge >= 0.3 is 0 Å². The monoisotopic (exact) mass is 207 g/mol. The molecule has 3 rings (SSSR count). The number of piperidine rings is 1. The topological polar surface area (TPSA) is 20.3 Å². The van der Waals surface area contributed by atoms with Crippen LogP contribution in [0.4, 0.5) is 0 Å². The summed E-state index contributed by atoms with van der Waals surface area (Å²) in [6.07, 6.45) is 5.89. The Bertz CT molecular complexity index is 297. The van der Waals surface area contributed by atoms with Crippen LogP contribution in [-0.2, 0) is 4.79 Å². The third-order valence-corrected chi connectivity index (χ3v) is 4.75. The summed E-state index contributed by atoms with van der Waals surface area (Å²) in [6, 6.07) is 0.624. The average Bonchev–Trinajstić information content (AvgIpc) is 2.54. The molecule has 0 aromatic carbocycles. The Kier molecular flexibility index (Phi) is 1.93. The maximum Gasteiger partial charge on any atom is 0.222 e. The Balaban J connectivity index is 1.89. The molecule has 3 fully saturated rings. The summed E-state index contributed by atoms with van der Waals surface area (Å²) in [5, 5.41) is 0. The first-order valence-electron chi connectivity index (χ1n) is 6.36. The van der Waals surface area contributed by atoms with Crippen molar-refractivity contribution >= 4 is 5.91 Å². The van der Waals surface area contributed by atoms with Crippen LogP contribution in [0.25, 0.3) is 0 Å². The van der Waals surface area contributed by atoms with Crippen LogP contribution >= 0.6 is 0 Å². The van der Waals surface area contributed by atoms with Crippen molar-refractivity contribution in [1.29, 1.82) is 0 Å². The second-order valence-electron chi connectivity index (χ2n) is 6.50. The highest BCUT2D eigenvalue weighted by atomic mass is 16.2. The van der Waals surface area contributed by atoms with Crippen molar-refractivity contribution < 1.29 is 4.79 Å². The molecule has 2 nitrogen and oxygen atoms in total. The van der Waals surface area contributed by atoms with E-state index in [2.05, 4.69) is 18.7 Å². The molecule has 1 aliphatic carbocycles. The van der Waals surface area contributed by atoms with Crippen molar-refractivity contribution in [2.75, 3.05) is 6.54 Å². The minimum absolute atomic E-state index is 0.429. The van der Waals surface area contributed by atoms with Gasteiger partial charge in [-0.05, 0) is 42.9 Å². The molecular formula is C13H21NO. The molecule has 15 heavy (non-hydrogen) atoms. The predicted molar refractivity (Wildman–Crippen MR) is 59.3 cm³/mol. The number of rotatable bonds is 0. The lowest BCUT2D eigenvalue weighted by Crippen LogP contribution is -2.51. The van der Waals surface area contributed by atoms with Crippen LogP contribution in [0.5, 0.6) is 0 Å². The first-order chi connectivity index (χ1) is 7.07. The van der Waals surface area contributed by atoms with Crippen LogP contribution < -0.4 is 0 Å². The van der Waals surface area contributed by atoms with Crippen molar-refractivity contribution in [3.8, 4) is 0 Å². The fraction of sp³-hybridized carbons (Fsp3) is 0.923. The highest BCUT2D eigenvalue weighted by Crippen LogP contribution is 2.51. The summed E-state index contributed by atoms with van der Waals surface area (Å²) in [5.74, 6) is 2.04. The molecule has 0 spiro atoms. The van der Waals surface area contributed by atoms with E-state index in [0.717, 1.165) is 31.2 Å². The molecule has 0 bridgehead atoms. The second-order valence-corrected chi connectivity index (χ2v) is 6.50. The molecule has 0 N–H and O–H groups in total. The second kappa shape index (κ2) is 2.99. The average molecular weight is 207 g/mol. The number of carbonyl (C=O) groups excluding carboxylic acids is 1. The molecular weight excluding hydrogens is 186 g/mol. The van der Waals surface area contributed by atoms with Crippen molar-refractivity contribution in [2.45, 2.75) is 52.0 Å². The van der Waals surface area contributed by atoms with Crippen LogP contribution in [-0.4, -0.2) is 23.4 Å². The van der Waals surface area contributed by atoms with Gasteiger partial charge in [0, 0.05) is 19.0 Å². The lowest BCUT2D eigenvalue weighted by molar-refractivity contribution is -0.139. The molecule has 0 aromatic rings. The summed E-state index contributed by atoms with van der Waals surface area (Å²) in [5.41, 5.74) is 0.516. The first-order valence-corrected chi connectivity index (χ1v) is 6.36. The molecule has 2 saturated heterocycles. The molecule has 84 valence electrons. The summed E-state index contributed by atoms with van der Waals surface area (Å²) in [4.78, 5) is 14.0. The van der Waals surface area contributed by atoms with E-state index in [1.807, 2.05) is 0 Å². The Hall–Kier alpha value is -0.530. The van der Waals surface area contributed by atoms with E-state index >= 15 is 0 Å². The third-order valence-electron chi connectivity index (χ3n) is 4.75. The standard InChI is InChI=1S/C13H21NO/c1-13(2)7-9-3-4-11(15)14-6-5-10(8-13)12(9)14/h9-10,12H,3-8H2,1-2H3/t9-,10+,12-/m1/s1. The molecule has 2 heteroatoms. The van der Waals surface area contributed by atoms with Crippen LogP contribution in [0.1, 0.15) is 46.0 Å². The van der Waals surface area contributed by atoms with Crippen LogP contribution in [0.2, 0.25) is 0 Å². The van der Waals surface area contributed by atoms with Gasteiger partial charge in [0.15, 0.2) is 0 Å². The Morgan fingerprint density at radius 1 is 1.20 bits per heavy atom. The normalized spacial score (nSPS) is 42.9. The van der Waals surface area contributed by atoms with Crippen LogP contribution in [0.15, 0.2) is 0 Å². The molecule has 3 atom stereocenters. The lowest BCUT2D eigenvalue weighted by atomic mass is 9.63. The van der Waals surface area contributed by atoms with Gasteiger partial charge in [0.1, 0.15) is 0 Å². The Morgan fingerprint density at radius 2 is 1.87 bits per heavy atom. The zero-order valence-electron chi connectivity index (χ0n) is 9.83. The maximum atomic E-state index is 11.8. The number of hydrogen-bond donors (Lipinski definition) is 0. The molecule has 0 radical (unpaired) electrons. The minimum Gasteiger partial charge on any atom is -0.339 e. The predicted octanol–water partition coefficient (Wildman–Crippen LogP) is 2.43. The Labute approximate surface area is 92.0 Å². The lowest BCUT2D eigenvalue weighted by Gasteiger charge is -2.48. The van der Waals surface area contributed by atoms with Gasteiger partial charge in [-0.2, -0.15) is 0 Å². The van der Waals surface area contributed by atoms with Crippen molar-refractivity contribution in [2.24, 2.45) is 17.3 Å². The smallest absolute Gasteiger partial charge is 0.222 e. The zero-order valence-corrected chi connectivity index (χ0v) is 9.83. The van der Waals surface area contributed by atoms with Gasteiger partial charge in [-0.25, -0.2) is 0 Å². The van der Waals surface area contributed by atoms with E-state index in [9.17, 15) is 4.79 Å². The summed E-state index contributed by atoms with van der Waals surface area (Å²) in [6.45, 7) is 5.85. The number of hydrogen-bond acceptors (Lipinski definition) is 1. The van der Waals surface area contributed by atoms with Gasteiger partial charge in [0.2, 0.25) is 5.91 Å². The highest BCUT2D eigenvalue weighted by molar-refractivity contribution is 5.77. The molecule has 2 aliphatic heterocycles. The SMILES string of the molecule is CC1(C)C[C@H]2CCC(=O)N3CC[C@@H](C1)[C@@H]23. The van der Waals surface area contributed by atoms with Gasteiger partial charge in [0.05, 0.1) is 0 Å². The van der Waals surface area contributed by atoms with E-state index in [0.29, 0.717) is 17.4 Å². The van der Waals surface area contributed by atoms with Crippen LogP contribution in [0, 0.1) is 17.3 Å². The van der Waals surface area contributed by atoms with E-state index < -0.39 is 0 Å². The fourth-order valence-electron chi connectivity index (χ4n) is 4.38. The van der Waals surface area contributed by atoms with Crippen molar-refractivity contribution in [3.05, 3.63) is 0 Å². The minimum atomic E-state index is 0.429. The molecule has 1 amide bonds. The van der Waals surface area contributed by atoms with Crippen LogP contribution in [0.3, 0.4) is 0 Å². The van der Waals surface area contributed by atoms with Gasteiger partial charge in [-0.1, -0.05) is 13.8 Å². The molecule has 2 heterocycles. The van der Waals surface area contributed by atoms with Crippen molar-refractivity contribution in [1.82, 2.24) is 4.90 Å². The quantitative estimate of drug-likeness (QED) is 0.597. The van der Waals surface area contributed by atoms with Gasteiger partial charge in [-0.15, -0.1) is 0 Å². The number of amides is 1. The van der Waals surface area contributed by atoms with Gasteiger partial charge in [-0.3, -0.25) is 4.79 Å². The maximum absolute atomic E-state index is 11.8. The number of nitrogens with zero attached hydrogens (tertiary/aromatic N) is 1. The van der Waals surface area contributed by atoms with E-state index in [4.69, 9.17) is 0 Å². The first kappa shape index (κ1) is 9.68. The number of carbonyl (C=O) groups is 1. The Morgan fingerprint density at radius 3 is 2.60 bits per heavy atom. The highest BCUT2D eigenvalue weighted by Gasteiger charge is 2.50. The molecule has 3 aliphatic rings. The van der Waals surface area contributed by atoms with Crippen molar-refractivity contribution in [3.63, 3.8) is 0 Å². The van der Waals surface area contributed by atoms with E-state index in [1.165, 1.54) is 19.3 Å². The summed E-state index contributed by atoms with van der Waals surface area (Å²) < 4.78 is 0. The summed E-state index contributed by atoms with van der Waals surface area (Å²) in [7, 11) is 0. The van der Waals surface area contributed by atoms with E-state index in [1.54, 1.807) is 0 Å². The fourth-order valence-corrected chi connectivity index (χ4v) is 4.38. The molecule has 0 unspecified atom stereocenters. The zero-order chi connectivity index (χ0) is 10.6. The largest absolute Gasteiger partial charge is 0.339 e. The third kappa shape index (κ3) is 1.41. The van der Waals surface area contributed by atoms with Gasteiger partial charge in [0.25, 0.3) is 0 Å². The van der Waals surface area contributed by atoms with Gasteiger partial charge < -0.3 is 4.90 Å². The van der Waals surface area contributed by atoms with E-state index in [-0.39, 0.29) is 0 Å². The molecule has 0 aromatic heterocycles.